The molecule has 1 atom stereocenters. The Morgan fingerprint density at radius 1 is 1.29 bits per heavy atom. The van der Waals surface area contributed by atoms with E-state index in [4.69, 9.17) is 5.26 Å². The summed E-state index contributed by atoms with van der Waals surface area (Å²) in [5.74, 6) is 1.41. The summed E-state index contributed by atoms with van der Waals surface area (Å²) in [6, 6.07) is 4.19. The summed E-state index contributed by atoms with van der Waals surface area (Å²) in [6.07, 6.45) is 2.81. The third-order valence-electron chi connectivity index (χ3n) is 6.37. The fraction of sp³-hybridized carbons (Fsp3) is 0.500. The minimum Gasteiger partial charge on any atom is -0.350 e. The van der Waals surface area contributed by atoms with E-state index in [1.807, 2.05) is 38.6 Å². The number of anilines is 2. The van der Waals surface area contributed by atoms with Crippen molar-refractivity contribution >= 4 is 28.2 Å². The number of hydrogen-bond donors (Lipinski definition) is 2. The SMILES string of the molecule is Cc1nc(Nc2nc(C(=O)NCCc3c(C)nn(C)c3C)cs2)cc([C@@H]2CCCN(CC#N)C2)n1. The molecule has 3 aromatic rings. The highest BCUT2D eigenvalue weighted by molar-refractivity contribution is 7.14. The first-order valence-corrected chi connectivity index (χ1v) is 12.7. The normalized spacial score (nSPS) is 16.1. The van der Waals surface area contributed by atoms with E-state index in [1.165, 1.54) is 11.3 Å². The van der Waals surface area contributed by atoms with E-state index in [0.29, 0.717) is 35.6 Å². The van der Waals surface area contributed by atoms with Crippen LogP contribution >= 0.6 is 11.3 Å². The molecule has 1 saturated heterocycles. The van der Waals surface area contributed by atoms with Crippen LogP contribution in [0.3, 0.4) is 0 Å². The Balaban J connectivity index is 1.37. The van der Waals surface area contributed by atoms with Crippen molar-refractivity contribution in [1.82, 2.24) is 34.9 Å². The van der Waals surface area contributed by atoms with Gasteiger partial charge in [-0.1, -0.05) is 0 Å². The number of likely N-dealkylation sites (tertiary alicyclic amines) is 1. The molecule has 3 aromatic heterocycles. The number of hydrogen-bond acceptors (Lipinski definition) is 9. The average Bonchev–Trinajstić information content (AvgIpc) is 3.38. The maximum Gasteiger partial charge on any atom is 0.270 e. The zero-order chi connectivity index (χ0) is 24.9. The van der Waals surface area contributed by atoms with Crippen LogP contribution in [0.1, 0.15) is 57.7 Å². The average molecular weight is 494 g/mol. The minimum absolute atomic E-state index is 0.201. The Hall–Kier alpha value is -3.36. The molecule has 1 amide bonds. The van der Waals surface area contributed by atoms with Gasteiger partial charge in [-0.2, -0.15) is 10.4 Å². The van der Waals surface area contributed by atoms with E-state index in [2.05, 4.69) is 41.7 Å². The number of nitrogens with zero attached hydrogens (tertiary/aromatic N) is 7. The molecule has 1 aliphatic rings. The molecule has 0 bridgehead atoms. The van der Waals surface area contributed by atoms with Crippen molar-refractivity contribution < 1.29 is 4.79 Å². The summed E-state index contributed by atoms with van der Waals surface area (Å²) in [5, 5.41) is 22.0. The molecule has 0 radical (unpaired) electrons. The van der Waals surface area contributed by atoms with Crippen LogP contribution in [0.2, 0.25) is 0 Å². The lowest BCUT2D eigenvalue weighted by molar-refractivity contribution is 0.0950. The number of piperidine rings is 1. The molecule has 4 heterocycles. The van der Waals surface area contributed by atoms with Gasteiger partial charge in [0.1, 0.15) is 17.3 Å². The zero-order valence-electron chi connectivity index (χ0n) is 20.6. The molecule has 0 spiro atoms. The van der Waals surface area contributed by atoms with E-state index in [1.54, 1.807) is 5.38 Å². The Bertz CT molecular complexity index is 1240. The summed E-state index contributed by atoms with van der Waals surface area (Å²) in [7, 11) is 1.93. The van der Waals surface area contributed by atoms with Gasteiger partial charge in [0.05, 0.1) is 24.0 Å². The number of thiazole rings is 1. The van der Waals surface area contributed by atoms with Gasteiger partial charge in [-0.25, -0.2) is 15.0 Å². The summed E-state index contributed by atoms with van der Waals surface area (Å²) in [4.78, 5) is 28.4. The van der Waals surface area contributed by atoms with Crippen molar-refractivity contribution in [3.05, 3.63) is 45.6 Å². The van der Waals surface area contributed by atoms with Crippen LogP contribution in [0.4, 0.5) is 10.9 Å². The number of carbonyl (C=O) groups excluding carboxylic acids is 1. The van der Waals surface area contributed by atoms with Crippen LogP contribution in [-0.2, 0) is 13.5 Å². The highest BCUT2D eigenvalue weighted by Gasteiger charge is 2.23. The lowest BCUT2D eigenvalue weighted by Gasteiger charge is -2.30. The lowest BCUT2D eigenvalue weighted by Crippen LogP contribution is -2.35. The molecule has 10 nitrogen and oxygen atoms in total. The fourth-order valence-corrected chi connectivity index (χ4v) is 5.22. The number of aryl methyl sites for hydroxylation is 3. The van der Waals surface area contributed by atoms with Gasteiger partial charge in [-0.15, -0.1) is 11.3 Å². The second-order valence-corrected chi connectivity index (χ2v) is 9.76. The Morgan fingerprint density at radius 2 is 2.11 bits per heavy atom. The van der Waals surface area contributed by atoms with Gasteiger partial charge in [0, 0.05) is 43.2 Å². The molecule has 11 heteroatoms. The van der Waals surface area contributed by atoms with E-state index >= 15 is 0 Å². The van der Waals surface area contributed by atoms with Crippen molar-refractivity contribution in [2.75, 3.05) is 31.5 Å². The second-order valence-electron chi connectivity index (χ2n) is 8.90. The first-order valence-electron chi connectivity index (χ1n) is 11.8. The van der Waals surface area contributed by atoms with Crippen molar-refractivity contribution in [3.8, 4) is 6.07 Å². The number of aromatic nitrogens is 5. The smallest absolute Gasteiger partial charge is 0.270 e. The van der Waals surface area contributed by atoms with E-state index in [9.17, 15) is 4.79 Å². The van der Waals surface area contributed by atoms with Gasteiger partial charge in [-0.3, -0.25) is 14.4 Å². The van der Waals surface area contributed by atoms with Gasteiger partial charge < -0.3 is 10.6 Å². The maximum atomic E-state index is 12.6. The maximum absolute atomic E-state index is 12.6. The number of rotatable bonds is 8. The van der Waals surface area contributed by atoms with Gasteiger partial charge in [-0.05, 0) is 52.1 Å². The van der Waals surface area contributed by atoms with Gasteiger partial charge in [0.15, 0.2) is 5.13 Å². The number of amides is 1. The molecule has 0 aliphatic carbocycles. The quantitative estimate of drug-likeness (QED) is 0.459. The van der Waals surface area contributed by atoms with Crippen LogP contribution < -0.4 is 10.6 Å². The Labute approximate surface area is 209 Å². The highest BCUT2D eigenvalue weighted by Crippen LogP contribution is 2.28. The summed E-state index contributed by atoms with van der Waals surface area (Å²) >= 11 is 1.36. The third kappa shape index (κ3) is 6.01. The number of nitriles is 1. The van der Waals surface area contributed by atoms with Crippen LogP contribution in [0.5, 0.6) is 0 Å². The molecule has 0 unspecified atom stereocenters. The monoisotopic (exact) mass is 493 g/mol. The first-order chi connectivity index (χ1) is 16.8. The van der Waals surface area contributed by atoms with Crippen LogP contribution in [-0.4, -0.2) is 61.7 Å². The van der Waals surface area contributed by atoms with Crippen molar-refractivity contribution in [3.63, 3.8) is 0 Å². The number of carbonyl (C=O) groups is 1. The summed E-state index contributed by atoms with van der Waals surface area (Å²) in [6.45, 7) is 8.62. The molecular weight excluding hydrogens is 462 g/mol. The van der Waals surface area contributed by atoms with Crippen LogP contribution in [0.15, 0.2) is 11.4 Å². The standard InChI is InChI=1S/C24H31N9OS/c1-15-19(16(2)32(4)31-15)7-9-26-23(34)21-14-35-24(29-21)30-22-12-20(27-17(3)28-22)18-6-5-10-33(13-18)11-8-25/h12,14,18H,5-7,9-11,13H2,1-4H3,(H,26,34)(H,27,28,29,30)/t18-/m1/s1. The van der Waals surface area contributed by atoms with Crippen LogP contribution in [0, 0.1) is 32.1 Å². The zero-order valence-corrected chi connectivity index (χ0v) is 21.4. The largest absolute Gasteiger partial charge is 0.350 e. The van der Waals surface area contributed by atoms with Crippen molar-refractivity contribution in [2.24, 2.45) is 7.05 Å². The predicted octanol–water partition coefficient (Wildman–Crippen LogP) is 3.01. The molecule has 1 aliphatic heterocycles. The molecule has 184 valence electrons. The first kappa shape index (κ1) is 24.8. The second kappa shape index (κ2) is 10.9. The topological polar surface area (TPSA) is 125 Å². The molecule has 2 N–H and O–H groups in total. The molecule has 4 rings (SSSR count). The van der Waals surface area contributed by atoms with Crippen molar-refractivity contribution in [2.45, 2.75) is 46.0 Å². The Kier molecular flexibility index (Phi) is 7.73. The minimum atomic E-state index is -0.201. The van der Waals surface area contributed by atoms with E-state index < -0.39 is 0 Å². The molecular formula is C24H31N9OS. The lowest BCUT2D eigenvalue weighted by atomic mass is 9.94. The fourth-order valence-electron chi connectivity index (χ4n) is 4.52. The van der Waals surface area contributed by atoms with E-state index in [-0.39, 0.29) is 11.8 Å². The summed E-state index contributed by atoms with van der Waals surface area (Å²) in [5.41, 5.74) is 4.62. The number of nitrogens with one attached hydrogen (secondary N) is 2. The molecule has 1 fully saturated rings. The molecule has 0 saturated carbocycles. The van der Waals surface area contributed by atoms with Gasteiger partial charge >= 0.3 is 0 Å². The highest BCUT2D eigenvalue weighted by atomic mass is 32.1. The van der Waals surface area contributed by atoms with Gasteiger partial charge in [0.2, 0.25) is 0 Å². The van der Waals surface area contributed by atoms with E-state index in [0.717, 1.165) is 55.0 Å². The molecule has 35 heavy (non-hydrogen) atoms. The summed E-state index contributed by atoms with van der Waals surface area (Å²) < 4.78 is 1.86. The van der Waals surface area contributed by atoms with Crippen LogP contribution in [0.25, 0.3) is 0 Å². The van der Waals surface area contributed by atoms with Crippen molar-refractivity contribution in [1.29, 1.82) is 5.26 Å². The predicted molar refractivity (Wildman–Crippen MR) is 135 cm³/mol. The Morgan fingerprint density at radius 3 is 2.86 bits per heavy atom. The third-order valence-corrected chi connectivity index (χ3v) is 7.12. The molecule has 0 aromatic carbocycles. The van der Waals surface area contributed by atoms with Gasteiger partial charge in [0.25, 0.3) is 5.91 Å².